The van der Waals surface area contributed by atoms with Crippen LogP contribution < -0.4 is 5.32 Å². The van der Waals surface area contributed by atoms with Crippen LogP contribution in [0.25, 0.3) is 0 Å². The van der Waals surface area contributed by atoms with E-state index in [4.69, 9.17) is 4.74 Å². The lowest BCUT2D eigenvalue weighted by molar-refractivity contribution is -0.0734. The fourth-order valence-corrected chi connectivity index (χ4v) is 3.68. The van der Waals surface area contributed by atoms with E-state index in [-0.39, 0.29) is 0 Å². The molecule has 0 spiro atoms. The van der Waals surface area contributed by atoms with Crippen LogP contribution in [0.1, 0.15) is 36.0 Å². The molecule has 19 heavy (non-hydrogen) atoms. The van der Waals surface area contributed by atoms with E-state index in [9.17, 15) is 0 Å². The molecule has 3 rings (SSSR count). The highest BCUT2D eigenvalue weighted by molar-refractivity contribution is 5.38. The predicted octanol–water partition coefficient (Wildman–Crippen LogP) is 2.96. The molecular formula is C17H25NO. The normalized spacial score (nSPS) is 23.1. The zero-order valence-corrected chi connectivity index (χ0v) is 12.2. The van der Waals surface area contributed by atoms with Gasteiger partial charge in [0.05, 0.1) is 13.2 Å². The SMILES string of the molecule is Cc1ccc(C)c(C2(CC3CCNCC3)COC2)c1. The van der Waals surface area contributed by atoms with Crippen LogP contribution in [0.2, 0.25) is 0 Å². The van der Waals surface area contributed by atoms with Crippen molar-refractivity contribution in [2.24, 2.45) is 5.92 Å². The second kappa shape index (κ2) is 5.26. The van der Waals surface area contributed by atoms with E-state index < -0.39 is 0 Å². The van der Waals surface area contributed by atoms with E-state index in [0.717, 1.165) is 19.1 Å². The van der Waals surface area contributed by atoms with Gasteiger partial charge in [0.1, 0.15) is 0 Å². The summed E-state index contributed by atoms with van der Waals surface area (Å²) in [7, 11) is 0. The minimum Gasteiger partial charge on any atom is -0.379 e. The number of benzene rings is 1. The Hall–Kier alpha value is -0.860. The van der Waals surface area contributed by atoms with E-state index in [1.54, 1.807) is 0 Å². The van der Waals surface area contributed by atoms with Gasteiger partial charge in [-0.1, -0.05) is 23.8 Å². The monoisotopic (exact) mass is 259 g/mol. The summed E-state index contributed by atoms with van der Waals surface area (Å²) in [6.45, 7) is 8.66. The summed E-state index contributed by atoms with van der Waals surface area (Å²) >= 11 is 0. The maximum Gasteiger partial charge on any atom is 0.0585 e. The van der Waals surface area contributed by atoms with Gasteiger partial charge in [-0.05, 0) is 63.2 Å². The third-order valence-corrected chi connectivity index (χ3v) is 4.86. The molecule has 2 nitrogen and oxygen atoms in total. The van der Waals surface area contributed by atoms with Crippen molar-refractivity contribution in [1.82, 2.24) is 5.32 Å². The third kappa shape index (κ3) is 2.56. The maximum absolute atomic E-state index is 5.61. The van der Waals surface area contributed by atoms with Crippen molar-refractivity contribution in [2.45, 2.75) is 38.5 Å². The number of hydrogen-bond donors (Lipinski definition) is 1. The predicted molar refractivity (Wildman–Crippen MR) is 78.6 cm³/mol. The van der Waals surface area contributed by atoms with Crippen molar-refractivity contribution in [3.8, 4) is 0 Å². The molecule has 0 aliphatic carbocycles. The fourth-order valence-electron chi connectivity index (χ4n) is 3.68. The molecule has 1 aromatic carbocycles. The molecule has 0 amide bonds. The van der Waals surface area contributed by atoms with Crippen molar-refractivity contribution >= 4 is 0 Å². The first kappa shape index (κ1) is 13.1. The number of rotatable bonds is 3. The van der Waals surface area contributed by atoms with Crippen LogP contribution in [0, 0.1) is 19.8 Å². The highest BCUT2D eigenvalue weighted by Crippen LogP contribution is 2.41. The molecule has 0 radical (unpaired) electrons. The Balaban J connectivity index is 1.83. The van der Waals surface area contributed by atoms with E-state index in [0.29, 0.717) is 5.41 Å². The molecule has 0 saturated carbocycles. The zero-order chi connectivity index (χ0) is 13.3. The molecule has 2 heterocycles. The van der Waals surface area contributed by atoms with E-state index >= 15 is 0 Å². The maximum atomic E-state index is 5.61. The summed E-state index contributed by atoms with van der Waals surface area (Å²) in [5.74, 6) is 0.866. The first-order valence-corrected chi connectivity index (χ1v) is 7.56. The molecule has 2 aliphatic rings. The van der Waals surface area contributed by atoms with Gasteiger partial charge in [-0.15, -0.1) is 0 Å². The molecular weight excluding hydrogens is 234 g/mol. The second-order valence-corrected chi connectivity index (χ2v) is 6.49. The van der Waals surface area contributed by atoms with Crippen molar-refractivity contribution < 1.29 is 4.74 Å². The Kier molecular flexibility index (Phi) is 3.64. The first-order valence-electron chi connectivity index (χ1n) is 7.56. The molecule has 104 valence electrons. The summed E-state index contributed by atoms with van der Waals surface area (Å²) in [6, 6.07) is 6.88. The molecule has 1 aromatic rings. The highest BCUT2D eigenvalue weighted by atomic mass is 16.5. The number of piperidine rings is 1. The Morgan fingerprint density at radius 3 is 2.58 bits per heavy atom. The first-order chi connectivity index (χ1) is 9.20. The fraction of sp³-hybridized carbons (Fsp3) is 0.647. The molecule has 2 fully saturated rings. The summed E-state index contributed by atoms with van der Waals surface area (Å²) in [4.78, 5) is 0. The minimum absolute atomic E-state index is 0.304. The molecule has 0 unspecified atom stereocenters. The Bertz CT molecular complexity index is 445. The van der Waals surface area contributed by atoms with Crippen molar-refractivity contribution in [3.05, 3.63) is 34.9 Å². The van der Waals surface area contributed by atoms with Crippen molar-refractivity contribution in [2.75, 3.05) is 26.3 Å². The third-order valence-electron chi connectivity index (χ3n) is 4.86. The van der Waals surface area contributed by atoms with Crippen LogP contribution in [0.15, 0.2) is 18.2 Å². The van der Waals surface area contributed by atoms with Crippen LogP contribution in [-0.4, -0.2) is 26.3 Å². The van der Waals surface area contributed by atoms with E-state index in [2.05, 4.69) is 37.4 Å². The number of aryl methyl sites for hydroxylation is 2. The van der Waals surface area contributed by atoms with Crippen LogP contribution in [0.3, 0.4) is 0 Å². The molecule has 2 heteroatoms. The van der Waals surface area contributed by atoms with Gasteiger partial charge in [0.15, 0.2) is 0 Å². The van der Waals surface area contributed by atoms with Crippen LogP contribution in [0.4, 0.5) is 0 Å². The average molecular weight is 259 g/mol. The summed E-state index contributed by atoms with van der Waals surface area (Å²) in [6.07, 6.45) is 3.96. The lowest BCUT2D eigenvalue weighted by Gasteiger charge is -2.45. The van der Waals surface area contributed by atoms with Gasteiger partial charge in [0.2, 0.25) is 0 Å². The largest absolute Gasteiger partial charge is 0.379 e. The van der Waals surface area contributed by atoms with E-state index in [1.165, 1.54) is 49.0 Å². The molecule has 0 bridgehead atoms. The quantitative estimate of drug-likeness (QED) is 0.901. The summed E-state index contributed by atoms with van der Waals surface area (Å²) < 4.78 is 5.61. The molecule has 2 saturated heterocycles. The number of hydrogen-bond acceptors (Lipinski definition) is 2. The lowest BCUT2D eigenvalue weighted by atomic mass is 9.69. The average Bonchev–Trinajstić information content (AvgIpc) is 2.38. The smallest absolute Gasteiger partial charge is 0.0585 e. The minimum atomic E-state index is 0.304. The molecule has 1 N–H and O–H groups in total. The lowest BCUT2D eigenvalue weighted by Crippen LogP contribution is -2.49. The molecule has 0 atom stereocenters. The topological polar surface area (TPSA) is 21.3 Å². The standard InChI is InChI=1S/C17H25NO/c1-13-3-4-14(2)16(9-13)17(11-19-12-17)10-15-5-7-18-8-6-15/h3-4,9,15,18H,5-8,10-12H2,1-2H3. The van der Waals surface area contributed by atoms with Gasteiger partial charge in [0.25, 0.3) is 0 Å². The van der Waals surface area contributed by atoms with Crippen LogP contribution in [-0.2, 0) is 10.2 Å². The Morgan fingerprint density at radius 2 is 1.95 bits per heavy atom. The van der Waals surface area contributed by atoms with Gasteiger partial charge < -0.3 is 10.1 Å². The van der Waals surface area contributed by atoms with Gasteiger partial charge in [-0.2, -0.15) is 0 Å². The van der Waals surface area contributed by atoms with E-state index in [1.807, 2.05) is 0 Å². The van der Waals surface area contributed by atoms with Gasteiger partial charge in [0, 0.05) is 5.41 Å². The number of nitrogens with one attached hydrogen (secondary N) is 1. The molecule has 2 aliphatic heterocycles. The van der Waals surface area contributed by atoms with Crippen LogP contribution in [0.5, 0.6) is 0 Å². The summed E-state index contributed by atoms with van der Waals surface area (Å²) in [5, 5.41) is 3.47. The Morgan fingerprint density at radius 1 is 1.21 bits per heavy atom. The van der Waals surface area contributed by atoms with Crippen molar-refractivity contribution in [1.29, 1.82) is 0 Å². The van der Waals surface area contributed by atoms with Gasteiger partial charge in [-0.25, -0.2) is 0 Å². The highest BCUT2D eigenvalue weighted by Gasteiger charge is 2.42. The van der Waals surface area contributed by atoms with Crippen LogP contribution >= 0.6 is 0 Å². The zero-order valence-electron chi connectivity index (χ0n) is 12.2. The molecule has 0 aromatic heterocycles. The Labute approximate surface area is 116 Å². The van der Waals surface area contributed by atoms with Gasteiger partial charge in [-0.3, -0.25) is 0 Å². The second-order valence-electron chi connectivity index (χ2n) is 6.49. The van der Waals surface area contributed by atoms with Gasteiger partial charge >= 0.3 is 0 Å². The summed E-state index contributed by atoms with van der Waals surface area (Å²) in [5.41, 5.74) is 4.65. The van der Waals surface area contributed by atoms with Crippen molar-refractivity contribution in [3.63, 3.8) is 0 Å². The number of ether oxygens (including phenoxy) is 1.